The Morgan fingerprint density at radius 2 is 2.28 bits per heavy atom. The van der Waals surface area contributed by atoms with Crippen LogP contribution in [-0.2, 0) is 22.5 Å². The van der Waals surface area contributed by atoms with E-state index in [4.69, 9.17) is 4.74 Å². The number of anilines is 1. The average molecular weight is 413 g/mol. The lowest BCUT2D eigenvalue weighted by atomic mass is 10.0. The quantitative estimate of drug-likeness (QED) is 0.811. The number of aromatic nitrogens is 1. The van der Waals surface area contributed by atoms with Crippen LogP contribution in [0.1, 0.15) is 53.1 Å². The number of nitrogens with zero attached hydrogens (tertiary/aromatic N) is 3. The first-order valence-corrected chi connectivity index (χ1v) is 11.2. The molecule has 2 aromatic heterocycles. The van der Waals surface area contributed by atoms with Crippen LogP contribution in [0.25, 0.3) is 0 Å². The maximum atomic E-state index is 13.0. The van der Waals surface area contributed by atoms with Gasteiger partial charge in [-0.3, -0.25) is 9.69 Å². The lowest BCUT2D eigenvalue weighted by Crippen LogP contribution is -2.39. The molecule has 0 radical (unpaired) electrons. The molecule has 2 aromatic rings. The number of carbonyl (C=O) groups excluding carboxylic acids is 1. The van der Waals surface area contributed by atoms with Gasteiger partial charge in [0.05, 0.1) is 24.8 Å². The molecule has 2 aliphatic heterocycles. The summed E-state index contributed by atoms with van der Waals surface area (Å²) < 4.78 is 7.85. The second-order valence-electron chi connectivity index (χ2n) is 8.04. The van der Waals surface area contributed by atoms with E-state index in [9.17, 15) is 10.1 Å². The van der Waals surface area contributed by atoms with Gasteiger partial charge in [0.15, 0.2) is 0 Å². The molecule has 1 amide bonds. The Bertz CT molecular complexity index is 949. The van der Waals surface area contributed by atoms with E-state index in [1.807, 2.05) is 13.8 Å². The van der Waals surface area contributed by atoms with Crippen LogP contribution in [0, 0.1) is 25.2 Å². The van der Waals surface area contributed by atoms with Gasteiger partial charge in [-0.25, -0.2) is 0 Å². The molecule has 1 N–H and O–H groups in total. The average Bonchev–Trinajstić information content (AvgIpc) is 3.42. The highest BCUT2D eigenvalue weighted by atomic mass is 32.1. The minimum atomic E-state index is -0.0712. The third-order valence-electron chi connectivity index (χ3n) is 6.36. The Hall–Kier alpha value is -2.14. The van der Waals surface area contributed by atoms with Gasteiger partial charge in [-0.2, -0.15) is 5.26 Å². The minimum absolute atomic E-state index is 0.0712. The molecule has 154 valence electrons. The fraction of sp³-hybridized carbons (Fsp3) is 0.545. The van der Waals surface area contributed by atoms with Gasteiger partial charge in [0.2, 0.25) is 5.91 Å². The number of ether oxygens (including phenoxy) is 1. The number of rotatable bonds is 5. The van der Waals surface area contributed by atoms with Crippen molar-refractivity contribution in [2.45, 2.75) is 58.7 Å². The van der Waals surface area contributed by atoms with Gasteiger partial charge in [0, 0.05) is 29.8 Å². The summed E-state index contributed by atoms with van der Waals surface area (Å²) in [5.74, 6) is 0.544. The molecule has 0 spiro atoms. The fourth-order valence-electron chi connectivity index (χ4n) is 4.48. The van der Waals surface area contributed by atoms with Crippen LogP contribution in [0.5, 0.6) is 0 Å². The van der Waals surface area contributed by atoms with Crippen LogP contribution in [0.15, 0.2) is 11.4 Å². The Kier molecular flexibility index (Phi) is 5.77. The van der Waals surface area contributed by atoms with E-state index >= 15 is 0 Å². The van der Waals surface area contributed by atoms with E-state index in [1.165, 1.54) is 10.4 Å². The van der Waals surface area contributed by atoms with E-state index in [-0.39, 0.29) is 18.1 Å². The minimum Gasteiger partial charge on any atom is -0.376 e. The Labute approximate surface area is 176 Å². The first-order chi connectivity index (χ1) is 14.0. The van der Waals surface area contributed by atoms with Crippen molar-refractivity contribution in [3.8, 4) is 6.07 Å². The van der Waals surface area contributed by atoms with E-state index in [0.717, 1.165) is 43.7 Å². The van der Waals surface area contributed by atoms with Crippen LogP contribution in [-0.4, -0.2) is 41.2 Å². The summed E-state index contributed by atoms with van der Waals surface area (Å²) in [5.41, 5.74) is 3.83. The van der Waals surface area contributed by atoms with Gasteiger partial charge in [0.25, 0.3) is 0 Å². The largest absolute Gasteiger partial charge is 0.376 e. The first kappa shape index (κ1) is 20.1. The predicted octanol–water partition coefficient (Wildman–Crippen LogP) is 3.77. The Morgan fingerprint density at radius 1 is 1.45 bits per heavy atom. The van der Waals surface area contributed by atoms with Crippen LogP contribution >= 0.6 is 11.3 Å². The summed E-state index contributed by atoms with van der Waals surface area (Å²) in [6, 6.07) is 4.69. The summed E-state index contributed by atoms with van der Waals surface area (Å²) in [5, 5.41) is 14.9. The van der Waals surface area contributed by atoms with E-state index < -0.39 is 0 Å². The molecule has 6 nitrogen and oxygen atoms in total. The maximum absolute atomic E-state index is 13.0. The molecule has 2 atom stereocenters. The molecule has 2 unspecified atom stereocenters. The van der Waals surface area contributed by atoms with Crippen LogP contribution in [0.3, 0.4) is 0 Å². The summed E-state index contributed by atoms with van der Waals surface area (Å²) in [7, 11) is 0. The van der Waals surface area contributed by atoms with Gasteiger partial charge in [-0.1, -0.05) is 0 Å². The first-order valence-electron chi connectivity index (χ1n) is 10.3. The molecule has 4 rings (SSSR count). The highest BCUT2D eigenvalue weighted by Gasteiger charge is 2.28. The highest BCUT2D eigenvalue weighted by Crippen LogP contribution is 2.33. The standard InChI is InChI=1S/C22H28N4O2S/c1-14-15(2)26(12-17-5-4-9-28-17)22(19(14)11-23)24-21(27)13-25-8-6-20-18(16(25)3)7-10-29-20/h7,10,16-17H,4-6,8-9,12-13H2,1-3H3,(H,24,27). The normalized spacial score (nSPS) is 21.7. The SMILES string of the molecule is Cc1c(C#N)c(NC(=O)CN2CCc3sccc3C2C)n(CC2CCCO2)c1C. The smallest absolute Gasteiger partial charge is 0.239 e. The molecule has 0 aromatic carbocycles. The number of thiophene rings is 1. The molecule has 7 heteroatoms. The van der Waals surface area contributed by atoms with E-state index in [2.05, 4.69) is 39.2 Å². The molecule has 0 saturated carbocycles. The molecule has 4 heterocycles. The maximum Gasteiger partial charge on any atom is 0.239 e. The summed E-state index contributed by atoms with van der Waals surface area (Å²) >= 11 is 1.80. The number of fused-ring (bicyclic) bond motifs is 1. The molecule has 1 fully saturated rings. The summed E-state index contributed by atoms with van der Waals surface area (Å²) in [6.07, 6.45) is 3.21. The van der Waals surface area contributed by atoms with E-state index in [0.29, 0.717) is 24.5 Å². The van der Waals surface area contributed by atoms with Crippen LogP contribution in [0.2, 0.25) is 0 Å². The number of amides is 1. The number of hydrogen-bond acceptors (Lipinski definition) is 5. The zero-order chi connectivity index (χ0) is 20.5. The predicted molar refractivity (Wildman–Crippen MR) is 114 cm³/mol. The molecule has 2 aliphatic rings. The van der Waals surface area contributed by atoms with E-state index in [1.54, 1.807) is 11.3 Å². The van der Waals surface area contributed by atoms with Crippen molar-refractivity contribution in [3.63, 3.8) is 0 Å². The number of nitrogens with one attached hydrogen (secondary N) is 1. The zero-order valence-electron chi connectivity index (χ0n) is 17.3. The highest BCUT2D eigenvalue weighted by molar-refractivity contribution is 7.10. The third-order valence-corrected chi connectivity index (χ3v) is 7.36. The topological polar surface area (TPSA) is 70.3 Å². The molecule has 1 saturated heterocycles. The summed E-state index contributed by atoms with van der Waals surface area (Å²) in [6.45, 7) is 8.77. The van der Waals surface area contributed by atoms with Crippen molar-refractivity contribution >= 4 is 23.1 Å². The van der Waals surface area contributed by atoms with Gasteiger partial charge in [0.1, 0.15) is 11.9 Å². The zero-order valence-corrected chi connectivity index (χ0v) is 18.1. The molecule has 29 heavy (non-hydrogen) atoms. The lowest BCUT2D eigenvalue weighted by molar-refractivity contribution is -0.118. The van der Waals surface area contributed by atoms with Crippen molar-refractivity contribution < 1.29 is 9.53 Å². The number of hydrogen-bond donors (Lipinski definition) is 1. The van der Waals surface area contributed by atoms with Crippen molar-refractivity contribution in [3.05, 3.63) is 38.7 Å². The molecule has 0 aliphatic carbocycles. The number of nitriles is 1. The second kappa shape index (κ2) is 8.31. The third kappa shape index (κ3) is 3.85. The lowest BCUT2D eigenvalue weighted by Gasteiger charge is -2.33. The van der Waals surface area contributed by atoms with Crippen molar-refractivity contribution in [2.75, 3.05) is 25.0 Å². The van der Waals surface area contributed by atoms with Crippen molar-refractivity contribution in [1.29, 1.82) is 5.26 Å². The van der Waals surface area contributed by atoms with Crippen molar-refractivity contribution in [1.82, 2.24) is 9.47 Å². The fourth-order valence-corrected chi connectivity index (χ4v) is 5.45. The molecular weight excluding hydrogens is 384 g/mol. The molecule has 0 bridgehead atoms. The van der Waals surface area contributed by atoms with Gasteiger partial charge in [-0.05, 0) is 62.6 Å². The number of carbonyl (C=O) groups is 1. The van der Waals surface area contributed by atoms with Gasteiger partial charge < -0.3 is 14.6 Å². The van der Waals surface area contributed by atoms with Gasteiger partial charge in [-0.15, -0.1) is 11.3 Å². The van der Waals surface area contributed by atoms with Gasteiger partial charge >= 0.3 is 0 Å². The summed E-state index contributed by atoms with van der Waals surface area (Å²) in [4.78, 5) is 16.6. The van der Waals surface area contributed by atoms with Crippen LogP contribution in [0.4, 0.5) is 5.82 Å². The monoisotopic (exact) mass is 412 g/mol. The second-order valence-corrected chi connectivity index (χ2v) is 9.04. The van der Waals surface area contributed by atoms with Crippen molar-refractivity contribution in [2.24, 2.45) is 0 Å². The van der Waals surface area contributed by atoms with Crippen LogP contribution < -0.4 is 5.32 Å². The Balaban J connectivity index is 1.52. The molecular formula is C22H28N4O2S. The Morgan fingerprint density at radius 3 is 3.00 bits per heavy atom.